The summed E-state index contributed by atoms with van der Waals surface area (Å²) in [6.07, 6.45) is 8.91. The van der Waals surface area contributed by atoms with Crippen molar-refractivity contribution in [3.8, 4) is 34.9 Å². The summed E-state index contributed by atoms with van der Waals surface area (Å²) in [6.45, 7) is 0. The highest BCUT2D eigenvalue weighted by Crippen LogP contribution is 2.45. The number of nitrogens with zero attached hydrogens (tertiary/aromatic N) is 16. The zero-order chi connectivity index (χ0) is 88.6. The number of esters is 1. The van der Waals surface area contributed by atoms with Crippen LogP contribution in [-0.2, 0) is 4.74 Å². The largest absolute Gasteiger partial charge is 0.505 e. The first-order chi connectivity index (χ1) is 61.2. The molecule has 126 heavy (non-hydrogen) atoms. The monoisotopic (exact) mass is 1680 g/mol. The van der Waals surface area contributed by atoms with Gasteiger partial charge in [-0.05, 0) is 119 Å². The second-order valence-electron chi connectivity index (χ2n) is 26.1. The second kappa shape index (κ2) is 40.3. The molecule has 6 amide bonds. The minimum absolute atomic E-state index is 0.00694. The van der Waals surface area contributed by atoms with Crippen LogP contribution in [0.2, 0.25) is 0 Å². The molecule has 0 spiro atoms. The molecule has 0 atom stereocenters. The Morgan fingerprint density at radius 1 is 0.325 bits per heavy atom. The summed E-state index contributed by atoms with van der Waals surface area (Å²) in [7, 11) is 4.12. The number of para-hydroxylation sites is 3. The number of benzene rings is 11. The Hall–Kier alpha value is -18.5. The van der Waals surface area contributed by atoms with E-state index >= 15 is 0 Å². The summed E-state index contributed by atoms with van der Waals surface area (Å²) in [5, 5.41) is 91.9. The molecule has 11 aromatic carbocycles. The lowest BCUT2D eigenvalue weighted by molar-refractivity contribution is 0.0600. The molecular formula is C90H68N22O14. The number of primary amides is 2. The van der Waals surface area contributed by atoms with Gasteiger partial charge in [0.1, 0.15) is 28.3 Å². The maximum atomic E-state index is 13.1. The molecule has 0 unspecified atom stereocenters. The highest BCUT2D eigenvalue weighted by Gasteiger charge is 2.26. The first-order valence-electron chi connectivity index (χ1n) is 37.5. The molecule has 622 valence electrons. The fourth-order valence-corrected chi connectivity index (χ4v) is 12.1. The number of phenolic OH excluding ortho intramolecular Hbond substituents is 4. The molecule has 36 heteroatoms. The third-order valence-corrected chi connectivity index (χ3v) is 18.1. The number of nitrogens with two attached hydrogens (primary N) is 2. The highest BCUT2D eigenvalue weighted by molar-refractivity contribution is 6.16. The number of azo groups is 4. The molecule has 12 N–H and O–H groups in total. The number of aromatic nitrogens is 8. The van der Waals surface area contributed by atoms with Gasteiger partial charge in [0.15, 0.2) is 40.5 Å². The lowest BCUT2D eigenvalue weighted by Gasteiger charge is -2.12. The number of carbonyl (C=O) groups is 7. The van der Waals surface area contributed by atoms with Gasteiger partial charge in [-0.15, -0.1) is 40.9 Å². The van der Waals surface area contributed by atoms with Gasteiger partial charge in [0.25, 0.3) is 41.4 Å². The molecule has 0 fully saturated rings. The molecule has 0 radical (unpaired) electrons. The molecule has 0 saturated carbocycles. The van der Waals surface area contributed by atoms with Crippen molar-refractivity contribution in [3.63, 3.8) is 0 Å². The first-order valence-corrected chi connectivity index (χ1v) is 37.5. The van der Waals surface area contributed by atoms with Crippen LogP contribution < -0.4 is 42.2 Å². The Morgan fingerprint density at radius 2 is 0.690 bits per heavy atom. The van der Waals surface area contributed by atoms with E-state index in [0.717, 1.165) is 10.8 Å². The number of amides is 6. The molecule has 0 saturated heterocycles. The van der Waals surface area contributed by atoms with Gasteiger partial charge in [-0.1, -0.05) is 146 Å². The molecule has 0 aliphatic rings. The predicted molar refractivity (Wildman–Crippen MR) is 466 cm³/mol. The third-order valence-electron chi connectivity index (χ3n) is 18.1. The van der Waals surface area contributed by atoms with Crippen molar-refractivity contribution < 1.29 is 68.2 Å². The number of phenols is 4. The second-order valence-corrected chi connectivity index (χ2v) is 26.1. The molecule has 0 aliphatic carbocycles. The zero-order valence-electron chi connectivity index (χ0n) is 66.3. The Balaban J connectivity index is 0.000000144. The van der Waals surface area contributed by atoms with Gasteiger partial charge < -0.3 is 62.1 Å². The number of pyridine rings is 2. The van der Waals surface area contributed by atoms with Crippen molar-refractivity contribution in [1.29, 1.82) is 0 Å². The van der Waals surface area contributed by atoms with E-state index in [0.29, 0.717) is 43.7 Å². The standard InChI is InChI=1S/C24H18N6O4.C23H19N5O4.C22H16N6O4.C21H15N5O2/c25-21(32)15-8-3-4-10-18(15)28-24(34)17-12-13-6-1-2-7-14(13)19(20(17)31)29-30-23-16(22(26)33)9-5-11-27-23;1-31-19-13-18(25-23(26-19)32-2)27-28-20-16-11-7-6-8-14(16)12-17(21(20)29)22(30)24-15-9-4-3-5-10-15;1-32-21(31)15-8-4-9-23-19(15)28-27-17-14-7-3-2-6-13(14)12-16(18(17)29)20(30)26-22-24-10-5-11-25-22;27-19-17(20(28)24-15-8-2-1-3-9-15)13-14-7-4-5-10-16(14)18(19)25-26-21-22-11-6-12-23-21/h1-12,31H,(H2,25,32)(H2,26,33)(H,28,34);3-13,29H,1-2H3,(H,24,30);2-12,29H,1H3,(H,24,25,26,30);1-13,27H,(H,24,28). The third kappa shape index (κ3) is 20.6. The van der Waals surface area contributed by atoms with E-state index in [1.807, 2.05) is 54.6 Å². The van der Waals surface area contributed by atoms with E-state index in [1.165, 1.54) is 94.6 Å². The van der Waals surface area contributed by atoms with Crippen LogP contribution >= 0.6 is 0 Å². The van der Waals surface area contributed by atoms with Crippen LogP contribution in [0.25, 0.3) is 43.1 Å². The summed E-state index contributed by atoms with van der Waals surface area (Å²) in [6, 6.07) is 69.8. The van der Waals surface area contributed by atoms with Crippen molar-refractivity contribution in [2.45, 2.75) is 0 Å². The van der Waals surface area contributed by atoms with Crippen LogP contribution in [0.15, 0.2) is 327 Å². The normalized spacial score (nSPS) is 10.9. The summed E-state index contributed by atoms with van der Waals surface area (Å²) >= 11 is 0. The number of carbonyl (C=O) groups excluding carboxylic acids is 7. The number of nitrogens with one attached hydrogen (secondary N) is 4. The average molecular weight is 1680 g/mol. The van der Waals surface area contributed by atoms with E-state index in [9.17, 15) is 54.0 Å². The quantitative estimate of drug-likeness (QED) is 0.0236. The van der Waals surface area contributed by atoms with Crippen molar-refractivity contribution in [3.05, 3.63) is 325 Å². The number of hydrogen-bond acceptors (Lipinski definition) is 30. The lowest BCUT2D eigenvalue weighted by atomic mass is 10.0. The van der Waals surface area contributed by atoms with Crippen molar-refractivity contribution in [1.82, 2.24) is 39.9 Å². The van der Waals surface area contributed by atoms with Crippen LogP contribution in [0.1, 0.15) is 72.5 Å². The highest BCUT2D eigenvalue weighted by atomic mass is 16.5. The van der Waals surface area contributed by atoms with Crippen LogP contribution in [0, 0.1) is 0 Å². The van der Waals surface area contributed by atoms with Gasteiger partial charge in [-0.3, -0.25) is 34.1 Å². The van der Waals surface area contributed by atoms with E-state index in [-0.39, 0.29) is 120 Å². The molecule has 16 rings (SSSR count). The number of anilines is 4. The van der Waals surface area contributed by atoms with Crippen LogP contribution in [0.3, 0.4) is 0 Å². The van der Waals surface area contributed by atoms with Gasteiger partial charge in [0.05, 0.1) is 60.4 Å². The zero-order valence-corrected chi connectivity index (χ0v) is 66.3. The summed E-state index contributed by atoms with van der Waals surface area (Å²) < 4.78 is 14.9. The Morgan fingerprint density at radius 3 is 1.13 bits per heavy atom. The predicted octanol–water partition coefficient (Wildman–Crippen LogP) is 18.0. The van der Waals surface area contributed by atoms with Crippen LogP contribution in [-0.4, -0.2) is 123 Å². The summed E-state index contributed by atoms with van der Waals surface area (Å²) in [5.74, 6) is -5.08. The Kier molecular flexibility index (Phi) is 27.3. The van der Waals surface area contributed by atoms with Gasteiger partial charge in [-0.25, -0.2) is 34.7 Å². The number of aromatic hydroxyl groups is 4. The lowest BCUT2D eigenvalue weighted by Crippen LogP contribution is -2.18. The van der Waals surface area contributed by atoms with E-state index in [4.69, 9.17) is 25.7 Å². The van der Waals surface area contributed by atoms with Gasteiger partial charge >= 0.3 is 12.0 Å². The molecule has 5 heterocycles. The number of rotatable bonds is 21. The van der Waals surface area contributed by atoms with Crippen molar-refractivity contribution in [2.75, 3.05) is 42.6 Å². The average Bonchev–Trinajstić information content (AvgIpc) is 0.790. The molecule has 5 aromatic heterocycles. The van der Waals surface area contributed by atoms with Crippen LogP contribution in [0.5, 0.6) is 34.9 Å². The van der Waals surface area contributed by atoms with Crippen molar-refractivity contribution >= 4 is 154 Å². The first kappa shape index (κ1) is 85.4. The Bertz CT molecular complexity index is 6920. The van der Waals surface area contributed by atoms with E-state index < -0.39 is 52.9 Å². The van der Waals surface area contributed by atoms with Gasteiger partial charge in [0.2, 0.25) is 11.8 Å². The SMILES string of the molecule is COC(=O)c1cccnc1N=Nc1c(O)c(C(=O)Nc2ncccn2)cc2ccccc12.COc1cc(N=Nc2c(O)c(C(=O)Nc3ccccc3)cc3ccccc23)nc(OC)n1.NC(=O)c1ccccc1NC(=O)c1cc2ccccc2c(N=Nc2ncccc2C(N)=O)c1O.O=C(Nc1ccccc1)c1cc2ccccc2c(N=Nc2ncccn2)c1O. The molecule has 0 bridgehead atoms. The molecule has 36 nitrogen and oxygen atoms in total. The minimum atomic E-state index is -0.739. The topological polar surface area (TPSA) is 530 Å². The van der Waals surface area contributed by atoms with Gasteiger partial charge in [0, 0.05) is 76.2 Å². The number of hydrogen-bond donors (Lipinski definition) is 10. The van der Waals surface area contributed by atoms with Crippen molar-refractivity contribution in [2.24, 2.45) is 52.4 Å². The molecule has 0 aliphatic heterocycles. The van der Waals surface area contributed by atoms with E-state index in [2.05, 4.69) is 102 Å². The maximum Gasteiger partial charge on any atom is 0.341 e. The minimum Gasteiger partial charge on any atom is -0.505 e. The van der Waals surface area contributed by atoms with E-state index in [1.54, 1.807) is 158 Å². The number of methoxy groups -OCH3 is 3. The fourth-order valence-electron chi connectivity index (χ4n) is 12.1. The summed E-state index contributed by atoms with van der Waals surface area (Å²) in [4.78, 5) is 119. The van der Waals surface area contributed by atoms with Crippen LogP contribution in [0.4, 0.5) is 69.2 Å². The van der Waals surface area contributed by atoms with Gasteiger partial charge in [-0.2, -0.15) is 9.97 Å². The fraction of sp³-hybridized carbons (Fsp3) is 0.0333. The summed E-state index contributed by atoms with van der Waals surface area (Å²) in [5.41, 5.74) is 12.8. The molecule has 16 aromatic rings. The Labute approximate surface area is 713 Å². The number of ether oxygens (including phenoxy) is 3. The smallest absolute Gasteiger partial charge is 0.341 e. The maximum absolute atomic E-state index is 13.1. The molecular weight excluding hydrogens is 1610 g/mol. The number of fused-ring (bicyclic) bond motifs is 4.